The summed E-state index contributed by atoms with van der Waals surface area (Å²) in [6.07, 6.45) is -10.6. The zero-order valence-corrected chi connectivity index (χ0v) is 10.8. The predicted octanol–water partition coefficient (Wildman–Crippen LogP) is 0.568. The quantitative estimate of drug-likeness (QED) is 0.536. The Bertz CT molecular complexity index is 332. The Morgan fingerprint density at radius 2 is 1.27 bits per heavy atom. The van der Waals surface area contributed by atoms with Crippen molar-refractivity contribution in [3.63, 3.8) is 0 Å². The smallest absolute Gasteiger partial charge is 0.475 e. The minimum Gasteiger partial charge on any atom is -0.475 e. The van der Waals surface area contributed by atoms with Crippen LogP contribution in [0.25, 0.3) is 0 Å². The molecule has 0 aliphatic rings. The lowest BCUT2D eigenvalue weighted by Crippen LogP contribution is -2.22. The highest BCUT2D eigenvalue weighted by Crippen LogP contribution is 2.13. The van der Waals surface area contributed by atoms with Gasteiger partial charge < -0.3 is 26.0 Å². The Balaban J connectivity index is -0.000000247. The number of carboxylic acid groups (broad SMARTS) is 2. The molecule has 0 rings (SSSR count). The second-order valence-corrected chi connectivity index (χ2v) is 2.78. The molecule has 8 nitrogen and oxygen atoms in total. The molecule has 14 heteroatoms. The highest BCUT2D eigenvalue weighted by atomic mass is 19.4. The number of nitrogens with one attached hydrogen (secondary N) is 1. The number of ether oxygens (including phenoxy) is 1. The van der Waals surface area contributed by atoms with Crippen LogP contribution in [-0.4, -0.2) is 60.8 Å². The Hall–Kier alpha value is -2.25. The van der Waals surface area contributed by atoms with Crippen LogP contribution in [0.2, 0.25) is 0 Å². The molecule has 0 atom stereocenters. The molecule has 0 heterocycles. The number of alkyl carbamates (subject to hydrolysis) is 1. The summed E-state index contributed by atoms with van der Waals surface area (Å²) in [5.74, 6) is -5.51. The molecule has 0 unspecified atom stereocenters. The second-order valence-electron chi connectivity index (χ2n) is 2.78. The Kier molecular flexibility index (Phi) is 12.8. The summed E-state index contributed by atoms with van der Waals surface area (Å²) < 4.78 is 67.9. The molecule has 0 aliphatic carbocycles. The molecule has 0 saturated carbocycles. The Labute approximate surface area is 118 Å². The van der Waals surface area contributed by atoms with Gasteiger partial charge in [-0.15, -0.1) is 0 Å². The number of aliphatic carboxylic acids is 2. The zero-order chi connectivity index (χ0) is 18.6. The maximum absolute atomic E-state index is 10.6. The molecule has 0 aromatic rings. The molecule has 0 aromatic heterocycles. The van der Waals surface area contributed by atoms with Crippen molar-refractivity contribution in [2.75, 3.05) is 20.2 Å². The Morgan fingerprint density at radius 3 is 1.41 bits per heavy atom. The third-order valence-electron chi connectivity index (χ3n) is 1.04. The topological polar surface area (TPSA) is 139 Å². The first-order valence-electron chi connectivity index (χ1n) is 4.84. The lowest BCUT2D eigenvalue weighted by molar-refractivity contribution is -0.193. The summed E-state index contributed by atoms with van der Waals surface area (Å²) in [6, 6.07) is 0. The van der Waals surface area contributed by atoms with E-state index in [0.29, 0.717) is 6.54 Å². The van der Waals surface area contributed by atoms with Gasteiger partial charge in [0.15, 0.2) is 0 Å². The van der Waals surface area contributed by atoms with E-state index in [0.717, 1.165) is 0 Å². The van der Waals surface area contributed by atoms with E-state index in [1.165, 1.54) is 7.05 Å². The fourth-order valence-electron chi connectivity index (χ4n) is 0.224. The Morgan fingerprint density at radius 1 is 1.00 bits per heavy atom. The van der Waals surface area contributed by atoms with Gasteiger partial charge in [0.2, 0.25) is 0 Å². The molecule has 0 spiro atoms. The van der Waals surface area contributed by atoms with Crippen molar-refractivity contribution in [1.29, 1.82) is 0 Å². The lowest BCUT2D eigenvalue weighted by atomic mass is 10.7. The van der Waals surface area contributed by atoms with Crippen LogP contribution >= 0.6 is 0 Å². The van der Waals surface area contributed by atoms with E-state index in [1.54, 1.807) is 0 Å². The van der Waals surface area contributed by atoms with Crippen molar-refractivity contribution in [1.82, 2.24) is 5.32 Å². The van der Waals surface area contributed by atoms with Gasteiger partial charge in [-0.1, -0.05) is 0 Å². The normalized spacial score (nSPS) is 10.2. The van der Waals surface area contributed by atoms with Gasteiger partial charge in [0, 0.05) is 13.6 Å². The standard InChI is InChI=1S/C4H10N2O2.2C2HF3O2/c1-6-4(7)8-3-2-5;2*3-2(4,5)1(6)7/h2-3,5H2,1H3,(H,6,7);2*(H,6,7). The summed E-state index contributed by atoms with van der Waals surface area (Å²) in [5.41, 5.74) is 5.03. The number of hydrogen-bond acceptors (Lipinski definition) is 5. The van der Waals surface area contributed by atoms with E-state index in [1.807, 2.05) is 0 Å². The van der Waals surface area contributed by atoms with Crippen molar-refractivity contribution >= 4 is 18.0 Å². The SMILES string of the molecule is CNC(=O)OCCN.O=C(O)C(F)(F)F.O=C(O)C(F)(F)F. The van der Waals surface area contributed by atoms with E-state index in [9.17, 15) is 31.1 Å². The van der Waals surface area contributed by atoms with E-state index in [2.05, 4.69) is 10.1 Å². The number of hydrogen-bond donors (Lipinski definition) is 4. The number of carboxylic acids is 2. The molecular formula is C8H12F6N2O6. The van der Waals surface area contributed by atoms with Crippen molar-refractivity contribution in [3.8, 4) is 0 Å². The fourth-order valence-corrected chi connectivity index (χ4v) is 0.224. The molecule has 0 radical (unpaired) electrons. The first kappa shape index (κ1) is 24.7. The minimum atomic E-state index is -5.08. The summed E-state index contributed by atoms with van der Waals surface area (Å²) >= 11 is 0. The van der Waals surface area contributed by atoms with Crippen LogP contribution in [0, 0.1) is 0 Å². The number of carbonyl (C=O) groups is 3. The third kappa shape index (κ3) is 20.1. The van der Waals surface area contributed by atoms with E-state index in [4.69, 9.17) is 25.5 Å². The molecule has 22 heavy (non-hydrogen) atoms. The van der Waals surface area contributed by atoms with Gasteiger partial charge >= 0.3 is 30.4 Å². The van der Waals surface area contributed by atoms with Crippen LogP contribution in [0.3, 0.4) is 0 Å². The van der Waals surface area contributed by atoms with Gasteiger partial charge in [0.1, 0.15) is 6.61 Å². The minimum absolute atomic E-state index is 0.277. The number of alkyl halides is 6. The number of carbonyl (C=O) groups excluding carboxylic acids is 1. The molecule has 0 aromatic carbocycles. The monoisotopic (exact) mass is 346 g/mol. The summed E-state index contributed by atoms with van der Waals surface area (Å²) in [5, 5.41) is 16.5. The molecule has 132 valence electrons. The summed E-state index contributed by atoms with van der Waals surface area (Å²) in [7, 11) is 1.50. The molecule has 0 fully saturated rings. The van der Waals surface area contributed by atoms with Crippen LogP contribution < -0.4 is 11.1 Å². The van der Waals surface area contributed by atoms with Crippen LogP contribution in [0.1, 0.15) is 0 Å². The highest BCUT2D eigenvalue weighted by Gasteiger charge is 2.38. The molecule has 0 saturated heterocycles. The lowest BCUT2D eigenvalue weighted by Gasteiger charge is -1.98. The summed E-state index contributed by atoms with van der Waals surface area (Å²) in [4.78, 5) is 28.0. The first-order valence-corrected chi connectivity index (χ1v) is 4.84. The van der Waals surface area contributed by atoms with Gasteiger partial charge in [-0.25, -0.2) is 14.4 Å². The van der Waals surface area contributed by atoms with Crippen LogP contribution in [0.4, 0.5) is 31.1 Å². The largest absolute Gasteiger partial charge is 0.490 e. The maximum Gasteiger partial charge on any atom is 0.490 e. The number of rotatable bonds is 2. The van der Waals surface area contributed by atoms with E-state index >= 15 is 0 Å². The van der Waals surface area contributed by atoms with Crippen molar-refractivity contribution in [2.45, 2.75) is 12.4 Å². The molecule has 1 amide bonds. The maximum atomic E-state index is 10.6. The average molecular weight is 346 g/mol. The van der Waals surface area contributed by atoms with Gasteiger partial charge in [0.05, 0.1) is 0 Å². The van der Waals surface area contributed by atoms with Crippen molar-refractivity contribution in [2.24, 2.45) is 5.73 Å². The first-order chi connectivity index (χ1) is 9.69. The molecular weight excluding hydrogens is 334 g/mol. The van der Waals surface area contributed by atoms with E-state index < -0.39 is 30.4 Å². The van der Waals surface area contributed by atoms with Crippen LogP contribution in [0.5, 0.6) is 0 Å². The number of halogens is 6. The van der Waals surface area contributed by atoms with Gasteiger partial charge in [-0.05, 0) is 0 Å². The van der Waals surface area contributed by atoms with Crippen molar-refractivity contribution < 1.29 is 55.7 Å². The highest BCUT2D eigenvalue weighted by molar-refractivity contribution is 5.73. The fraction of sp³-hybridized carbons (Fsp3) is 0.625. The van der Waals surface area contributed by atoms with Crippen LogP contribution in [-0.2, 0) is 14.3 Å². The second kappa shape index (κ2) is 11.4. The number of nitrogens with two attached hydrogens (primary N) is 1. The van der Waals surface area contributed by atoms with Crippen LogP contribution in [0.15, 0.2) is 0 Å². The average Bonchev–Trinajstić information content (AvgIpc) is 2.35. The van der Waals surface area contributed by atoms with Gasteiger partial charge in [-0.3, -0.25) is 0 Å². The predicted molar refractivity (Wildman–Crippen MR) is 56.8 cm³/mol. The summed E-state index contributed by atoms with van der Waals surface area (Å²) in [6.45, 7) is 0.646. The number of amides is 1. The van der Waals surface area contributed by atoms with Crippen molar-refractivity contribution in [3.05, 3.63) is 0 Å². The van der Waals surface area contributed by atoms with Gasteiger partial charge in [-0.2, -0.15) is 26.3 Å². The third-order valence-corrected chi connectivity index (χ3v) is 1.04. The zero-order valence-electron chi connectivity index (χ0n) is 10.8. The van der Waals surface area contributed by atoms with E-state index in [-0.39, 0.29) is 6.61 Å². The molecule has 0 aliphatic heterocycles. The van der Waals surface area contributed by atoms with Gasteiger partial charge in [0.25, 0.3) is 0 Å². The molecule has 0 bridgehead atoms. The molecule has 5 N–H and O–H groups in total.